The summed E-state index contributed by atoms with van der Waals surface area (Å²) in [6.45, 7) is 5.28. The minimum atomic E-state index is -0.770. The molecule has 0 fully saturated rings. The molecule has 0 aromatic carbocycles. The molecule has 22 heavy (non-hydrogen) atoms. The molecule has 0 radical (unpaired) electrons. The van der Waals surface area contributed by atoms with Crippen molar-refractivity contribution in [3.05, 3.63) is 0 Å². The number of quaternary nitrogens is 1. The van der Waals surface area contributed by atoms with Gasteiger partial charge < -0.3 is 14.7 Å². The minimum absolute atomic E-state index is 0.154. The number of rotatable bonds is 14. The Kier molecular flexibility index (Phi) is 10.7. The SMILES string of the molecule is CCCCCCCCCCC(C)(O)C[N+](C)(C)CCC(=O)O. The molecular weight excluding hydrogens is 278 g/mol. The van der Waals surface area contributed by atoms with Crippen molar-refractivity contribution in [3.8, 4) is 0 Å². The molecule has 0 aromatic heterocycles. The number of hydrogen-bond donors (Lipinski definition) is 2. The molecule has 132 valence electrons. The van der Waals surface area contributed by atoms with Crippen LogP contribution in [-0.4, -0.2) is 53.5 Å². The fourth-order valence-electron chi connectivity index (χ4n) is 3.12. The summed E-state index contributed by atoms with van der Waals surface area (Å²) in [4.78, 5) is 10.7. The molecule has 4 nitrogen and oxygen atoms in total. The second kappa shape index (κ2) is 11.0. The molecule has 0 bridgehead atoms. The molecule has 4 heteroatoms. The van der Waals surface area contributed by atoms with Gasteiger partial charge in [-0.3, -0.25) is 4.79 Å². The summed E-state index contributed by atoms with van der Waals surface area (Å²) >= 11 is 0. The topological polar surface area (TPSA) is 57.5 Å². The predicted octanol–water partition coefficient (Wildman–Crippen LogP) is 3.82. The number of carboxylic acids is 1. The zero-order chi connectivity index (χ0) is 17.1. The normalized spacial score (nSPS) is 14.8. The van der Waals surface area contributed by atoms with Crippen LogP contribution >= 0.6 is 0 Å². The van der Waals surface area contributed by atoms with Gasteiger partial charge >= 0.3 is 5.97 Å². The highest BCUT2D eigenvalue weighted by atomic mass is 16.4. The van der Waals surface area contributed by atoms with Crippen LogP contribution in [0.2, 0.25) is 0 Å². The van der Waals surface area contributed by atoms with Crippen LogP contribution in [0.5, 0.6) is 0 Å². The van der Waals surface area contributed by atoms with E-state index in [9.17, 15) is 9.90 Å². The monoisotopic (exact) mass is 316 g/mol. The predicted molar refractivity (Wildman–Crippen MR) is 91.9 cm³/mol. The van der Waals surface area contributed by atoms with Gasteiger partial charge in [0.25, 0.3) is 0 Å². The first-order valence-corrected chi connectivity index (χ1v) is 8.95. The summed E-state index contributed by atoms with van der Waals surface area (Å²) in [5, 5.41) is 19.3. The Morgan fingerprint density at radius 2 is 1.50 bits per heavy atom. The Morgan fingerprint density at radius 3 is 2.00 bits per heavy atom. The van der Waals surface area contributed by atoms with Gasteiger partial charge in [0.1, 0.15) is 12.1 Å². The smallest absolute Gasteiger partial charge is 0.309 e. The van der Waals surface area contributed by atoms with E-state index >= 15 is 0 Å². The number of unbranched alkanes of at least 4 members (excludes halogenated alkanes) is 7. The van der Waals surface area contributed by atoms with Crippen molar-refractivity contribution in [2.75, 3.05) is 27.2 Å². The lowest BCUT2D eigenvalue weighted by atomic mass is 9.96. The number of aliphatic hydroxyl groups is 1. The van der Waals surface area contributed by atoms with Gasteiger partial charge in [0.15, 0.2) is 0 Å². The van der Waals surface area contributed by atoms with Gasteiger partial charge in [0.2, 0.25) is 0 Å². The maximum absolute atomic E-state index is 10.7. The van der Waals surface area contributed by atoms with Gasteiger partial charge in [0.05, 0.1) is 27.1 Å². The van der Waals surface area contributed by atoms with Crippen LogP contribution in [0.25, 0.3) is 0 Å². The molecule has 0 aliphatic rings. The summed E-state index contributed by atoms with van der Waals surface area (Å²) in [7, 11) is 3.98. The van der Waals surface area contributed by atoms with Crippen molar-refractivity contribution >= 4 is 5.97 Å². The van der Waals surface area contributed by atoms with Crippen LogP contribution in [0.4, 0.5) is 0 Å². The molecule has 0 heterocycles. The van der Waals surface area contributed by atoms with Crippen LogP contribution < -0.4 is 0 Å². The molecule has 1 unspecified atom stereocenters. The van der Waals surface area contributed by atoms with Crippen molar-refractivity contribution in [1.82, 2.24) is 0 Å². The zero-order valence-corrected chi connectivity index (χ0v) is 15.2. The summed E-state index contributed by atoms with van der Waals surface area (Å²) in [5.74, 6) is -0.770. The van der Waals surface area contributed by atoms with Crippen LogP contribution in [-0.2, 0) is 4.79 Å². The van der Waals surface area contributed by atoms with Gasteiger partial charge in [-0.05, 0) is 13.3 Å². The molecule has 1 atom stereocenters. The van der Waals surface area contributed by atoms with Crippen molar-refractivity contribution in [2.24, 2.45) is 0 Å². The lowest BCUT2D eigenvalue weighted by Gasteiger charge is -2.36. The van der Waals surface area contributed by atoms with E-state index in [1.54, 1.807) is 0 Å². The Balaban J connectivity index is 3.82. The Bertz CT molecular complexity index is 301. The number of likely N-dealkylation sites (N-methyl/N-ethyl adjacent to an activating group) is 1. The van der Waals surface area contributed by atoms with Crippen molar-refractivity contribution in [1.29, 1.82) is 0 Å². The number of nitrogens with zero attached hydrogens (tertiary/aromatic N) is 1. The Morgan fingerprint density at radius 1 is 1.00 bits per heavy atom. The second-order valence-corrected chi connectivity index (χ2v) is 7.68. The highest BCUT2D eigenvalue weighted by Gasteiger charge is 2.30. The van der Waals surface area contributed by atoms with Gasteiger partial charge in [0, 0.05) is 0 Å². The van der Waals surface area contributed by atoms with Gasteiger partial charge in [-0.15, -0.1) is 0 Å². The molecule has 0 saturated heterocycles. The van der Waals surface area contributed by atoms with Crippen molar-refractivity contribution in [2.45, 2.75) is 83.7 Å². The summed E-state index contributed by atoms with van der Waals surface area (Å²) < 4.78 is 0.552. The maximum atomic E-state index is 10.7. The fraction of sp³-hybridized carbons (Fsp3) is 0.944. The van der Waals surface area contributed by atoms with Crippen molar-refractivity contribution < 1.29 is 19.5 Å². The van der Waals surface area contributed by atoms with Gasteiger partial charge in [-0.1, -0.05) is 58.3 Å². The van der Waals surface area contributed by atoms with Gasteiger partial charge in [-0.2, -0.15) is 0 Å². The molecule has 0 aliphatic carbocycles. The first-order valence-electron chi connectivity index (χ1n) is 8.95. The van der Waals surface area contributed by atoms with Crippen LogP contribution in [0.3, 0.4) is 0 Å². The van der Waals surface area contributed by atoms with Crippen LogP contribution in [0.1, 0.15) is 78.1 Å². The molecule has 2 N–H and O–H groups in total. The molecular formula is C18H38NO3+. The van der Waals surface area contributed by atoms with E-state index in [-0.39, 0.29) is 6.42 Å². The van der Waals surface area contributed by atoms with Crippen LogP contribution in [0.15, 0.2) is 0 Å². The highest BCUT2D eigenvalue weighted by molar-refractivity contribution is 5.66. The third-order valence-corrected chi connectivity index (χ3v) is 4.27. The Hall–Kier alpha value is -0.610. The molecule has 0 aromatic rings. The maximum Gasteiger partial charge on any atom is 0.309 e. The van der Waals surface area contributed by atoms with E-state index < -0.39 is 11.6 Å². The third-order valence-electron chi connectivity index (χ3n) is 4.27. The summed E-state index contributed by atoms with van der Waals surface area (Å²) in [6, 6.07) is 0. The van der Waals surface area contributed by atoms with Gasteiger partial charge in [-0.25, -0.2) is 0 Å². The first-order chi connectivity index (χ1) is 10.2. The largest absolute Gasteiger partial charge is 0.481 e. The molecule has 0 amide bonds. The summed E-state index contributed by atoms with van der Waals surface area (Å²) in [6.07, 6.45) is 11.1. The van der Waals surface area contributed by atoms with E-state index in [2.05, 4.69) is 6.92 Å². The number of aliphatic carboxylic acids is 1. The summed E-state index contributed by atoms with van der Waals surface area (Å²) in [5.41, 5.74) is -0.704. The lowest BCUT2D eigenvalue weighted by Crippen LogP contribution is -2.51. The Labute approximate surface area is 137 Å². The molecule has 0 spiro atoms. The number of hydrogen-bond acceptors (Lipinski definition) is 2. The molecule has 0 rings (SSSR count). The second-order valence-electron chi connectivity index (χ2n) is 7.68. The van der Waals surface area contributed by atoms with E-state index in [1.807, 2.05) is 21.0 Å². The molecule has 0 aliphatic heterocycles. The fourth-order valence-corrected chi connectivity index (χ4v) is 3.12. The minimum Gasteiger partial charge on any atom is -0.481 e. The number of carbonyl (C=O) groups is 1. The third kappa shape index (κ3) is 13.1. The standard InChI is InChI=1S/C18H37NO3/c1-5-6-7-8-9-10-11-12-14-18(2,22)16-19(3,4)15-13-17(20)21/h22H,5-16H2,1-4H3/p+1. The average Bonchev–Trinajstić information content (AvgIpc) is 2.38. The number of carboxylic acid groups (broad SMARTS) is 1. The highest BCUT2D eigenvalue weighted by Crippen LogP contribution is 2.19. The van der Waals surface area contributed by atoms with E-state index in [4.69, 9.17) is 5.11 Å². The molecule has 0 saturated carbocycles. The van der Waals surface area contributed by atoms with Crippen LogP contribution in [0, 0.1) is 0 Å². The van der Waals surface area contributed by atoms with E-state index in [0.29, 0.717) is 17.6 Å². The van der Waals surface area contributed by atoms with Crippen molar-refractivity contribution in [3.63, 3.8) is 0 Å². The lowest BCUT2D eigenvalue weighted by molar-refractivity contribution is -0.896. The zero-order valence-electron chi connectivity index (χ0n) is 15.2. The average molecular weight is 317 g/mol. The van der Waals surface area contributed by atoms with E-state index in [1.165, 1.54) is 44.9 Å². The first kappa shape index (κ1) is 21.4. The van der Waals surface area contributed by atoms with E-state index in [0.717, 1.165) is 12.8 Å². The quantitative estimate of drug-likeness (QED) is 0.378.